The SMILES string of the molecule is Cc1ccc(NC(=O)CN2CCCC2c2ccc3c(c2)OCCO3)cc1Cl. The molecule has 2 aliphatic rings. The molecule has 0 saturated carbocycles. The molecule has 1 amide bonds. The van der Waals surface area contributed by atoms with Crippen LogP contribution < -0.4 is 14.8 Å². The van der Waals surface area contributed by atoms with Crippen molar-refractivity contribution in [3.05, 3.63) is 52.5 Å². The number of nitrogens with zero attached hydrogens (tertiary/aromatic N) is 1. The zero-order valence-electron chi connectivity index (χ0n) is 15.3. The molecule has 2 aromatic carbocycles. The number of nitrogens with one attached hydrogen (secondary N) is 1. The molecule has 1 fully saturated rings. The number of rotatable bonds is 4. The lowest BCUT2D eigenvalue weighted by atomic mass is 10.0. The average molecular weight is 387 g/mol. The number of ether oxygens (including phenoxy) is 2. The molecule has 142 valence electrons. The molecule has 0 radical (unpaired) electrons. The highest BCUT2D eigenvalue weighted by Crippen LogP contribution is 2.37. The van der Waals surface area contributed by atoms with E-state index in [4.69, 9.17) is 21.1 Å². The predicted molar refractivity (Wildman–Crippen MR) is 106 cm³/mol. The highest BCUT2D eigenvalue weighted by atomic mass is 35.5. The highest BCUT2D eigenvalue weighted by Gasteiger charge is 2.28. The molecule has 1 N–H and O–H groups in total. The van der Waals surface area contributed by atoms with Gasteiger partial charge in [0.15, 0.2) is 11.5 Å². The van der Waals surface area contributed by atoms with E-state index in [0.717, 1.165) is 42.1 Å². The lowest BCUT2D eigenvalue weighted by Gasteiger charge is -2.26. The van der Waals surface area contributed by atoms with Crippen LogP contribution in [0.5, 0.6) is 11.5 Å². The van der Waals surface area contributed by atoms with Crippen LogP contribution >= 0.6 is 11.6 Å². The zero-order valence-corrected chi connectivity index (χ0v) is 16.1. The number of fused-ring (bicyclic) bond motifs is 1. The van der Waals surface area contributed by atoms with E-state index in [-0.39, 0.29) is 11.9 Å². The van der Waals surface area contributed by atoms with E-state index in [2.05, 4.69) is 22.3 Å². The number of carbonyl (C=O) groups excluding carboxylic acids is 1. The van der Waals surface area contributed by atoms with E-state index < -0.39 is 0 Å². The Morgan fingerprint density at radius 3 is 2.81 bits per heavy atom. The summed E-state index contributed by atoms with van der Waals surface area (Å²) in [5.74, 6) is 1.56. The summed E-state index contributed by atoms with van der Waals surface area (Å²) in [6.07, 6.45) is 2.10. The molecule has 2 aromatic rings. The molecule has 0 aromatic heterocycles. The molecule has 1 unspecified atom stereocenters. The molecule has 1 atom stereocenters. The monoisotopic (exact) mass is 386 g/mol. The smallest absolute Gasteiger partial charge is 0.238 e. The Labute approximate surface area is 164 Å². The number of halogens is 1. The van der Waals surface area contributed by atoms with Crippen molar-refractivity contribution in [1.82, 2.24) is 4.90 Å². The number of likely N-dealkylation sites (tertiary alicyclic amines) is 1. The van der Waals surface area contributed by atoms with Gasteiger partial charge in [0.25, 0.3) is 0 Å². The zero-order chi connectivity index (χ0) is 18.8. The second-order valence-corrected chi connectivity index (χ2v) is 7.45. The minimum atomic E-state index is -0.0284. The Morgan fingerprint density at radius 1 is 1.19 bits per heavy atom. The topological polar surface area (TPSA) is 50.8 Å². The molecular formula is C21H23ClN2O3. The second kappa shape index (κ2) is 7.79. The number of hydrogen-bond acceptors (Lipinski definition) is 4. The first kappa shape index (κ1) is 18.1. The first-order valence-electron chi connectivity index (χ1n) is 9.30. The summed E-state index contributed by atoms with van der Waals surface area (Å²) in [6.45, 7) is 4.36. The third-order valence-electron chi connectivity index (χ3n) is 5.12. The van der Waals surface area contributed by atoms with E-state index in [1.807, 2.05) is 25.1 Å². The number of hydrogen-bond donors (Lipinski definition) is 1. The minimum absolute atomic E-state index is 0.0284. The summed E-state index contributed by atoms with van der Waals surface area (Å²) in [5, 5.41) is 3.60. The van der Waals surface area contributed by atoms with Gasteiger partial charge in [-0.05, 0) is 61.7 Å². The van der Waals surface area contributed by atoms with E-state index in [1.54, 1.807) is 6.07 Å². The molecule has 0 aliphatic carbocycles. The fourth-order valence-corrected chi connectivity index (χ4v) is 3.90. The Kier molecular flexibility index (Phi) is 5.23. The molecule has 1 saturated heterocycles. The number of amides is 1. The second-order valence-electron chi connectivity index (χ2n) is 7.04. The molecule has 4 rings (SSSR count). The molecule has 2 aliphatic heterocycles. The summed E-state index contributed by atoms with van der Waals surface area (Å²) in [5.41, 5.74) is 2.89. The molecular weight excluding hydrogens is 364 g/mol. The van der Waals surface area contributed by atoms with Crippen molar-refractivity contribution < 1.29 is 14.3 Å². The van der Waals surface area contributed by atoms with Crippen molar-refractivity contribution in [1.29, 1.82) is 0 Å². The summed E-state index contributed by atoms with van der Waals surface area (Å²) in [4.78, 5) is 14.8. The Bertz CT molecular complexity index is 855. The standard InChI is InChI=1S/C21H23ClN2O3/c1-14-4-6-16(12-17(14)22)23-21(25)13-24-8-2-3-18(24)15-5-7-19-20(11-15)27-10-9-26-19/h4-7,11-12,18H,2-3,8-10,13H2,1H3,(H,23,25). The number of carbonyl (C=O) groups is 1. The van der Waals surface area contributed by atoms with Gasteiger partial charge in [-0.1, -0.05) is 23.7 Å². The number of benzene rings is 2. The van der Waals surface area contributed by atoms with Crippen molar-refractivity contribution in [2.75, 3.05) is 31.6 Å². The van der Waals surface area contributed by atoms with Crippen LogP contribution in [0.4, 0.5) is 5.69 Å². The quantitative estimate of drug-likeness (QED) is 0.855. The molecule has 2 heterocycles. The normalized spacial score (nSPS) is 19.1. The Hall–Kier alpha value is -2.24. The Balaban J connectivity index is 1.43. The van der Waals surface area contributed by atoms with Gasteiger partial charge in [-0.2, -0.15) is 0 Å². The lowest BCUT2D eigenvalue weighted by Crippen LogP contribution is -2.33. The highest BCUT2D eigenvalue weighted by molar-refractivity contribution is 6.31. The maximum absolute atomic E-state index is 12.5. The fourth-order valence-electron chi connectivity index (χ4n) is 3.72. The number of anilines is 1. The molecule has 5 nitrogen and oxygen atoms in total. The van der Waals surface area contributed by atoms with Crippen molar-refractivity contribution in [2.45, 2.75) is 25.8 Å². The molecule has 6 heteroatoms. The fraction of sp³-hybridized carbons (Fsp3) is 0.381. The van der Waals surface area contributed by atoms with Gasteiger partial charge in [0.1, 0.15) is 13.2 Å². The van der Waals surface area contributed by atoms with Crippen molar-refractivity contribution in [3.8, 4) is 11.5 Å². The van der Waals surface area contributed by atoms with Crippen LogP contribution in [0.15, 0.2) is 36.4 Å². The average Bonchev–Trinajstić information content (AvgIpc) is 3.12. The largest absolute Gasteiger partial charge is 0.486 e. The van der Waals surface area contributed by atoms with Crippen LogP contribution in [-0.2, 0) is 4.79 Å². The van der Waals surface area contributed by atoms with Gasteiger partial charge in [0, 0.05) is 16.8 Å². The van der Waals surface area contributed by atoms with Crippen LogP contribution in [0, 0.1) is 6.92 Å². The van der Waals surface area contributed by atoms with E-state index in [9.17, 15) is 4.79 Å². The maximum Gasteiger partial charge on any atom is 0.238 e. The third-order valence-corrected chi connectivity index (χ3v) is 5.52. The van der Waals surface area contributed by atoms with Crippen LogP contribution in [0.25, 0.3) is 0 Å². The first-order valence-corrected chi connectivity index (χ1v) is 9.67. The van der Waals surface area contributed by atoms with Gasteiger partial charge in [-0.25, -0.2) is 0 Å². The van der Waals surface area contributed by atoms with E-state index >= 15 is 0 Å². The predicted octanol–water partition coefficient (Wildman–Crippen LogP) is 4.20. The Morgan fingerprint density at radius 2 is 2.00 bits per heavy atom. The van der Waals surface area contributed by atoms with Crippen molar-refractivity contribution >= 4 is 23.2 Å². The van der Waals surface area contributed by atoms with Gasteiger partial charge < -0.3 is 14.8 Å². The van der Waals surface area contributed by atoms with Gasteiger partial charge >= 0.3 is 0 Å². The van der Waals surface area contributed by atoms with Gasteiger partial charge in [-0.3, -0.25) is 9.69 Å². The van der Waals surface area contributed by atoms with Gasteiger partial charge in [-0.15, -0.1) is 0 Å². The van der Waals surface area contributed by atoms with Crippen molar-refractivity contribution in [3.63, 3.8) is 0 Å². The molecule has 27 heavy (non-hydrogen) atoms. The first-order chi connectivity index (χ1) is 13.1. The summed E-state index contributed by atoms with van der Waals surface area (Å²) in [6, 6.07) is 11.9. The van der Waals surface area contributed by atoms with Crippen molar-refractivity contribution in [2.24, 2.45) is 0 Å². The van der Waals surface area contributed by atoms with Gasteiger partial charge in [0.05, 0.1) is 6.54 Å². The summed E-state index contributed by atoms with van der Waals surface area (Å²) in [7, 11) is 0. The van der Waals surface area contributed by atoms with Gasteiger partial charge in [0.2, 0.25) is 5.91 Å². The summed E-state index contributed by atoms with van der Waals surface area (Å²) < 4.78 is 11.3. The summed E-state index contributed by atoms with van der Waals surface area (Å²) >= 11 is 6.15. The van der Waals surface area contributed by atoms with Crippen LogP contribution in [0.2, 0.25) is 5.02 Å². The van der Waals surface area contributed by atoms with Crippen LogP contribution in [-0.4, -0.2) is 37.1 Å². The molecule has 0 bridgehead atoms. The van der Waals surface area contributed by atoms with Crippen LogP contribution in [0.3, 0.4) is 0 Å². The van der Waals surface area contributed by atoms with Crippen LogP contribution in [0.1, 0.15) is 30.0 Å². The maximum atomic E-state index is 12.5. The number of aryl methyl sites for hydroxylation is 1. The minimum Gasteiger partial charge on any atom is -0.486 e. The third kappa shape index (κ3) is 4.04. The lowest BCUT2D eigenvalue weighted by molar-refractivity contribution is -0.117. The molecule has 0 spiro atoms. The van der Waals surface area contributed by atoms with E-state index in [0.29, 0.717) is 24.8 Å². The van der Waals surface area contributed by atoms with E-state index in [1.165, 1.54) is 5.56 Å².